The van der Waals surface area contributed by atoms with E-state index < -0.39 is 0 Å². The quantitative estimate of drug-likeness (QED) is 0.896. The van der Waals surface area contributed by atoms with Crippen LogP contribution in [0.4, 0.5) is 0 Å². The van der Waals surface area contributed by atoms with Crippen molar-refractivity contribution in [3.8, 4) is 5.75 Å². The van der Waals surface area contributed by atoms with Gasteiger partial charge in [0.25, 0.3) is 0 Å². The number of aryl methyl sites for hydroxylation is 2. The molecule has 0 bridgehead atoms. The van der Waals surface area contributed by atoms with Crippen molar-refractivity contribution in [2.45, 2.75) is 25.7 Å². The van der Waals surface area contributed by atoms with E-state index in [1.54, 1.807) is 7.11 Å². The lowest BCUT2D eigenvalue weighted by molar-refractivity contribution is 0.415. The number of nitrogens with one attached hydrogen (secondary N) is 1. The highest BCUT2D eigenvalue weighted by atomic mass is 16.5. The minimum Gasteiger partial charge on any atom is -0.497 e. The van der Waals surface area contributed by atoms with Crippen LogP contribution in [0.1, 0.15) is 30.0 Å². The molecule has 1 aromatic heterocycles. The second kappa shape index (κ2) is 4.89. The summed E-state index contributed by atoms with van der Waals surface area (Å²) in [5, 5.41) is 4.84. The molecule has 1 aliphatic rings. The Morgan fingerprint density at radius 1 is 1.37 bits per heavy atom. The standard InChI is InChI=1S/C16H22N2O/c1-11-14-9-13(19-3)6-7-15(14)18(2)16(11)12-5-4-8-17-10-12/h6-7,9,12,17H,4-5,8,10H2,1-3H3. The first-order valence-electron chi connectivity index (χ1n) is 7.06. The average Bonchev–Trinajstić information content (AvgIpc) is 2.71. The smallest absolute Gasteiger partial charge is 0.119 e. The number of piperidine rings is 1. The molecule has 2 aromatic rings. The van der Waals surface area contributed by atoms with Crippen molar-refractivity contribution >= 4 is 10.9 Å². The van der Waals surface area contributed by atoms with Gasteiger partial charge in [-0.15, -0.1) is 0 Å². The highest BCUT2D eigenvalue weighted by Gasteiger charge is 2.22. The molecule has 0 aliphatic carbocycles. The number of hydrogen-bond donors (Lipinski definition) is 1. The number of fused-ring (bicyclic) bond motifs is 1. The summed E-state index contributed by atoms with van der Waals surface area (Å²) in [7, 11) is 3.91. The van der Waals surface area contributed by atoms with Crippen LogP contribution in [0, 0.1) is 6.92 Å². The molecule has 2 heterocycles. The number of methoxy groups -OCH3 is 1. The van der Waals surface area contributed by atoms with Gasteiger partial charge in [0.05, 0.1) is 7.11 Å². The van der Waals surface area contributed by atoms with Crippen molar-refractivity contribution in [1.82, 2.24) is 9.88 Å². The summed E-state index contributed by atoms with van der Waals surface area (Å²) in [4.78, 5) is 0. The number of aromatic nitrogens is 1. The predicted octanol–water partition coefficient (Wildman–Crippen LogP) is 2.96. The summed E-state index contributed by atoms with van der Waals surface area (Å²) in [6.07, 6.45) is 2.56. The van der Waals surface area contributed by atoms with Gasteiger partial charge in [0.1, 0.15) is 5.75 Å². The average molecular weight is 258 g/mol. The Bertz CT molecular complexity index is 594. The van der Waals surface area contributed by atoms with Crippen LogP contribution in [0.5, 0.6) is 5.75 Å². The number of rotatable bonds is 2. The zero-order valence-corrected chi connectivity index (χ0v) is 12.0. The van der Waals surface area contributed by atoms with Crippen LogP contribution in [-0.4, -0.2) is 24.8 Å². The lowest BCUT2D eigenvalue weighted by Crippen LogP contribution is -2.29. The van der Waals surface area contributed by atoms with Crippen LogP contribution in [0.25, 0.3) is 10.9 Å². The molecule has 3 rings (SSSR count). The van der Waals surface area contributed by atoms with Crippen molar-refractivity contribution < 1.29 is 4.74 Å². The fourth-order valence-electron chi connectivity index (χ4n) is 3.42. The van der Waals surface area contributed by atoms with Crippen molar-refractivity contribution in [2.24, 2.45) is 7.05 Å². The number of nitrogens with zero attached hydrogens (tertiary/aromatic N) is 1. The van der Waals surface area contributed by atoms with Gasteiger partial charge in [0, 0.05) is 36.1 Å². The van der Waals surface area contributed by atoms with Gasteiger partial charge < -0.3 is 14.6 Å². The minimum absolute atomic E-state index is 0.636. The molecule has 1 unspecified atom stereocenters. The molecule has 1 saturated heterocycles. The Balaban J connectivity index is 2.13. The Morgan fingerprint density at radius 2 is 2.21 bits per heavy atom. The molecule has 1 aromatic carbocycles. The fraction of sp³-hybridized carbons (Fsp3) is 0.500. The van der Waals surface area contributed by atoms with Gasteiger partial charge in [-0.05, 0) is 50.1 Å². The first-order chi connectivity index (χ1) is 9.22. The van der Waals surface area contributed by atoms with Gasteiger partial charge in [-0.3, -0.25) is 0 Å². The normalized spacial score (nSPS) is 19.8. The first-order valence-corrected chi connectivity index (χ1v) is 7.06. The van der Waals surface area contributed by atoms with Crippen molar-refractivity contribution in [1.29, 1.82) is 0 Å². The summed E-state index contributed by atoms with van der Waals surface area (Å²) in [6.45, 7) is 4.50. The first kappa shape index (κ1) is 12.5. The van der Waals surface area contributed by atoms with Gasteiger partial charge in [-0.25, -0.2) is 0 Å². The molecule has 0 spiro atoms. The fourth-order valence-corrected chi connectivity index (χ4v) is 3.42. The summed E-state index contributed by atoms with van der Waals surface area (Å²) in [6, 6.07) is 6.37. The molecule has 3 nitrogen and oxygen atoms in total. The lowest BCUT2D eigenvalue weighted by atomic mass is 9.93. The minimum atomic E-state index is 0.636. The Kier molecular flexibility index (Phi) is 3.23. The monoisotopic (exact) mass is 258 g/mol. The van der Waals surface area contributed by atoms with Crippen LogP contribution in [0.3, 0.4) is 0 Å². The molecular weight excluding hydrogens is 236 g/mol. The van der Waals surface area contributed by atoms with Gasteiger partial charge in [-0.2, -0.15) is 0 Å². The van der Waals surface area contributed by atoms with Gasteiger partial charge >= 0.3 is 0 Å². The summed E-state index contributed by atoms with van der Waals surface area (Å²) < 4.78 is 7.71. The third kappa shape index (κ3) is 2.02. The van der Waals surface area contributed by atoms with E-state index in [9.17, 15) is 0 Å². The molecule has 19 heavy (non-hydrogen) atoms. The van der Waals surface area contributed by atoms with Crippen LogP contribution in [0.2, 0.25) is 0 Å². The predicted molar refractivity (Wildman–Crippen MR) is 79.1 cm³/mol. The molecule has 102 valence electrons. The maximum absolute atomic E-state index is 5.35. The zero-order valence-electron chi connectivity index (χ0n) is 12.0. The van der Waals surface area contributed by atoms with Crippen LogP contribution < -0.4 is 10.1 Å². The third-order valence-electron chi connectivity index (χ3n) is 4.40. The van der Waals surface area contributed by atoms with Gasteiger partial charge in [-0.1, -0.05) is 0 Å². The maximum Gasteiger partial charge on any atom is 0.119 e. The Labute approximate surface area is 114 Å². The third-order valence-corrected chi connectivity index (χ3v) is 4.40. The van der Waals surface area contributed by atoms with Crippen molar-refractivity contribution in [2.75, 3.05) is 20.2 Å². The largest absolute Gasteiger partial charge is 0.497 e. The lowest BCUT2D eigenvalue weighted by Gasteiger charge is -2.24. The number of hydrogen-bond acceptors (Lipinski definition) is 2. The van der Waals surface area contributed by atoms with Gasteiger partial charge in [0.2, 0.25) is 0 Å². The van der Waals surface area contributed by atoms with E-state index in [0.717, 1.165) is 18.8 Å². The molecular formula is C16H22N2O. The summed E-state index contributed by atoms with van der Waals surface area (Å²) >= 11 is 0. The van der Waals surface area contributed by atoms with Crippen LogP contribution in [0.15, 0.2) is 18.2 Å². The van der Waals surface area contributed by atoms with E-state index in [0.29, 0.717) is 5.92 Å². The van der Waals surface area contributed by atoms with E-state index in [2.05, 4.69) is 36.0 Å². The van der Waals surface area contributed by atoms with E-state index in [1.807, 2.05) is 6.07 Å². The molecule has 0 radical (unpaired) electrons. The van der Waals surface area contributed by atoms with E-state index in [-0.39, 0.29) is 0 Å². The van der Waals surface area contributed by atoms with Crippen molar-refractivity contribution in [3.63, 3.8) is 0 Å². The van der Waals surface area contributed by atoms with E-state index in [1.165, 1.54) is 35.0 Å². The van der Waals surface area contributed by atoms with Gasteiger partial charge in [0.15, 0.2) is 0 Å². The number of ether oxygens (including phenoxy) is 1. The van der Waals surface area contributed by atoms with E-state index in [4.69, 9.17) is 4.74 Å². The molecule has 0 amide bonds. The molecule has 1 N–H and O–H groups in total. The molecule has 3 heteroatoms. The molecule has 0 saturated carbocycles. The second-order valence-corrected chi connectivity index (χ2v) is 5.50. The second-order valence-electron chi connectivity index (χ2n) is 5.50. The molecule has 1 fully saturated rings. The van der Waals surface area contributed by atoms with E-state index >= 15 is 0 Å². The topological polar surface area (TPSA) is 26.2 Å². The van der Waals surface area contributed by atoms with Crippen molar-refractivity contribution in [3.05, 3.63) is 29.5 Å². The zero-order chi connectivity index (χ0) is 13.4. The van der Waals surface area contributed by atoms with Crippen LogP contribution >= 0.6 is 0 Å². The highest BCUT2D eigenvalue weighted by molar-refractivity contribution is 5.86. The number of benzene rings is 1. The highest BCUT2D eigenvalue weighted by Crippen LogP contribution is 2.34. The Hall–Kier alpha value is -1.48. The molecule has 1 atom stereocenters. The summed E-state index contributed by atoms with van der Waals surface area (Å²) in [5.41, 5.74) is 4.19. The summed E-state index contributed by atoms with van der Waals surface area (Å²) in [5.74, 6) is 1.58. The SMILES string of the molecule is COc1ccc2c(c1)c(C)c(C1CCCNC1)n2C. The van der Waals surface area contributed by atoms with Crippen LogP contribution in [-0.2, 0) is 7.05 Å². The molecule has 1 aliphatic heterocycles. The Morgan fingerprint density at radius 3 is 2.89 bits per heavy atom. The maximum atomic E-state index is 5.35.